The van der Waals surface area contributed by atoms with Crippen LogP contribution in [0.3, 0.4) is 0 Å². The fraction of sp³-hybridized carbons (Fsp3) is 0.318. The Hall–Kier alpha value is -2.37. The van der Waals surface area contributed by atoms with Crippen molar-refractivity contribution >= 4 is 17.4 Å². The lowest BCUT2D eigenvalue weighted by Crippen LogP contribution is -2.42. The molecule has 2 aliphatic rings. The Morgan fingerprint density at radius 2 is 1.89 bits per heavy atom. The summed E-state index contributed by atoms with van der Waals surface area (Å²) in [5, 5.41) is 0.441. The number of para-hydroxylation sites is 1. The van der Waals surface area contributed by atoms with Gasteiger partial charge >= 0.3 is 0 Å². The van der Waals surface area contributed by atoms with E-state index in [0.717, 1.165) is 12.0 Å². The van der Waals surface area contributed by atoms with Crippen LogP contribution in [-0.2, 0) is 20.9 Å². The molecule has 2 aromatic rings. The maximum absolute atomic E-state index is 13.0. The van der Waals surface area contributed by atoms with Gasteiger partial charge in [-0.15, -0.1) is 0 Å². The fourth-order valence-electron chi connectivity index (χ4n) is 3.60. The zero-order valence-electron chi connectivity index (χ0n) is 15.1. The molecule has 1 aliphatic heterocycles. The maximum atomic E-state index is 13.0. The van der Waals surface area contributed by atoms with Gasteiger partial charge in [-0.2, -0.15) is 0 Å². The molecule has 2 aromatic carbocycles. The van der Waals surface area contributed by atoms with Crippen molar-refractivity contribution in [2.45, 2.75) is 38.1 Å². The van der Waals surface area contributed by atoms with Crippen LogP contribution in [-0.4, -0.2) is 18.0 Å². The highest BCUT2D eigenvalue weighted by Gasteiger charge is 2.41. The smallest absolute Gasteiger partial charge is 0.208 e. The Labute approximate surface area is 167 Å². The van der Waals surface area contributed by atoms with Gasteiger partial charge in [-0.05, 0) is 42.7 Å². The van der Waals surface area contributed by atoms with Gasteiger partial charge in [-0.1, -0.05) is 35.9 Å². The monoisotopic (exact) mass is 402 g/mol. The van der Waals surface area contributed by atoms with Crippen LogP contribution in [0.4, 0.5) is 4.39 Å². The molecule has 0 aromatic heterocycles. The molecule has 0 spiro atoms. The number of ketones is 1. The topological polar surface area (TPSA) is 44.8 Å². The molecule has 6 heteroatoms. The first-order valence-electron chi connectivity index (χ1n) is 9.28. The van der Waals surface area contributed by atoms with Gasteiger partial charge in [0.25, 0.3) is 0 Å². The average Bonchev–Trinajstić information content (AvgIpc) is 2.71. The van der Waals surface area contributed by atoms with E-state index in [9.17, 15) is 9.18 Å². The third-order valence-electron chi connectivity index (χ3n) is 5.13. The molecule has 4 rings (SSSR count). The quantitative estimate of drug-likeness (QED) is 0.701. The van der Waals surface area contributed by atoms with E-state index in [1.54, 1.807) is 36.4 Å². The molecular formula is C22H20ClFO4. The molecular weight excluding hydrogens is 383 g/mol. The normalized spacial score (nSPS) is 24.1. The number of fused-ring (bicyclic) bond motifs is 1. The van der Waals surface area contributed by atoms with Gasteiger partial charge in [0.1, 0.15) is 23.9 Å². The standard InChI is InChI=1S/C22H20ClFO4/c23-18-3-1-2-4-19(18)28-21-13-27-20-11-16(9-10-17(20)22(21)25)26-12-14-5-7-15(24)8-6-14/h1-8,13,16-17,20H,9-12H2. The van der Waals surface area contributed by atoms with Crippen LogP contribution in [0.15, 0.2) is 60.6 Å². The second kappa shape index (κ2) is 8.33. The number of ether oxygens (including phenoxy) is 3. The van der Waals surface area contributed by atoms with Crippen molar-refractivity contribution in [3.8, 4) is 5.75 Å². The van der Waals surface area contributed by atoms with Gasteiger partial charge in [0, 0.05) is 6.42 Å². The van der Waals surface area contributed by atoms with Gasteiger partial charge < -0.3 is 14.2 Å². The summed E-state index contributed by atoms with van der Waals surface area (Å²) in [7, 11) is 0. The van der Waals surface area contributed by atoms with Crippen LogP contribution < -0.4 is 4.74 Å². The summed E-state index contributed by atoms with van der Waals surface area (Å²) in [6, 6.07) is 13.3. The molecule has 0 saturated heterocycles. The van der Waals surface area contributed by atoms with Gasteiger partial charge in [-0.25, -0.2) is 4.39 Å². The molecule has 146 valence electrons. The van der Waals surface area contributed by atoms with E-state index in [1.165, 1.54) is 18.4 Å². The van der Waals surface area contributed by atoms with Crippen LogP contribution in [0.2, 0.25) is 5.02 Å². The van der Waals surface area contributed by atoms with E-state index < -0.39 is 0 Å². The average molecular weight is 403 g/mol. The van der Waals surface area contributed by atoms with Crippen molar-refractivity contribution in [1.29, 1.82) is 0 Å². The summed E-state index contributed by atoms with van der Waals surface area (Å²) >= 11 is 6.10. The van der Waals surface area contributed by atoms with Gasteiger partial charge in [-0.3, -0.25) is 4.79 Å². The highest BCUT2D eigenvalue weighted by molar-refractivity contribution is 6.32. The number of Topliss-reactive ketones (excluding diaryl/α,β-unsaturated/α-hetero) is 1. The number of rotatable bonds is 5. The minimum atomic E-state index is -0.264. The fourth-order valence-corrected chi connectivity index (χ4v) is 3.77. The van der Waals surface area contributed by atoms with E-state index >= 15 is 0 Å². The SMILES string of the molecule is O=C1C(Oc2ccccc2Cl)=COC2CC(OCc3ccc(F)cc3)CCC12. The van der Waals surface area contributed by atoms with E-state index in [4.69, 9.17) is 25.8 Å². The minimum absolute atomic E-state index is 0.00135. The summed E-state index contributed by atoms with van der Waals surface area (Å²) in [6.07, 6.45) is 3.22. The Bertz CT molecular complexity index is 880. The third-order valence-corrected chi connectivity index (χ3v) is 5.44. The number of allylic oxidation sites excluding steroid dienone is 1. The first-order chi connectivity index (χ1) is 13.6. The summed E-state index contributed by atoms with van der Waals surface area (Å²) in [5.74, 6) is 0.0449. The molecule has 0 bridgehead atoms. The lowest BCUT2D eigenvalue weighted by Gasteiger charge is -2.37. The summed E-state index contributed by atoms with van der Waals surface area (Å²) in [6.45, 7) is 0.410. The summed E-state index contributed by atoms with van der Waals surface area (Å²) < 4.78 is 30.4. The summed E-state index contributed by atoms with van der Waals surface area (Å²) in [5.41, 5.74) is 0.916. The predicted molar refractivity (Wildman–Crippen MR) is 102 cm³/mol. The zero-order valence-corrected chi connectivity index (χ0v) is 15.9. The Morgan fingerprint density at radius 1 is 1.11 bits per heavy atom. The number of halogens is 2. The van der Waals surface area contributed by atoms with Gasteiger partial charge in [0.2, 0.25) is 11.5 Å². The highest BCUT2D eigenvalue weighted by Crippen LogP contribution is 2.36. The number of hydrogen-bond acceptors (Lipinski definition) is 4. The second-order valence-corrected chi connectivity index (χ2v) is 7.44. The number of benzene rings is 2. The molecule has 4 nitrogen and oxygen atoms in total. The van der Waals surface area contributed by atoms with Crippen LogP contribution in [0.5, 0.6) is 5.75 Å². The molecule has 0 radical (unpaired) electrons. The van der Waals surface area contributed by atoms with Gasteiger partial charge in [0.05, 0.1) is 23.7 Å². The van der Waals surface area contributed by atoms with E-state index in [-0.39, 0.29) is 35.5 Å². The highest BCUT2D eigenvalue weighted by atomic mass is 35.5. The molecule has 1 fully saturated rings. The van der Waals surface area contributed by atoms with Crippen molar-refractivity contribution < 1.29 is 23.4 Å². The van der Waals surface area contributed by atoms with Crippen molar-refractivity contribution in [2.24, 2.45) is 5.92 Å². The molecule has 3 atom stereocenters. The molecule has 1 aliphatic carbocycles. The molecule has 3 unspecified atom stereocenters. The molecule has 1 saturated carbocycles. The molecule has 0 N–H and O–H groups in total. The van der Waals surface area contributed by atoms with E-state index in [2.05, 4.69) is 0 Å². The molecule has 1 heterocycles. The van der Waals surface area contributed by atoms with Crippen molar-refractivity contribution in [2.75, 3.05) is 0 Å². The van der Waals surface area contributed by atoms with E-state index in [1.807, 2.05) is 0 Å². The lowest BCUT2D eigenvalue weighted by molar-refractivity contribution is -0.134. The van der Waals surface area contributed by atoms with Crippen LogP contribution in [0.1, 0.15) is 24.8 Å². The van der Waals surface area contributed by atoms with Crippen molar-refractivity contribution in [1.82, 2.24) is 0 Å². The first-order valence-corrected chi connectivity index (χ1v) is 9.66. The largest absolute Gasteiger partial charge is 0.493 e. The van der Waals surface area contributed by atoms with E-state index in [0.29, 0.717) is 30.2 Å². The Kier molecular flexibility index (Phi) is 5.64. The molecule has 28 heavy (non-hydrogen) atoms. The zero-order chi connectivity index (χ0) is 19.5. The van der Waals surface area contributed by atoms with Crippen LogP contribution in [0.25, 0.3) is 0 Å². The van der Waals surface area contributed by atoms with Crippen molar-refractivity contribution in [3.05, 3.63) is 77.0 Å². The number of hydrogen-bond donors (Lipinski definition) is 0. The number of carbonyl (C=O) groups excluding carboxylic acids is 1. The number of carbonyl (C=O) groups is 1. The Balaban J connectivity index is 1.35. The maximum Gasteiger partial charge on any atom is 0.208 e. The van der Waals surface area contributed by atoms with Gasteiger partial charge in [0.15, 0.2) is 0 Å². The summed E-state index contributed by atoms with van der Waals surface area (Å²) in [4.78, 5) is 12.8. The lowest BCUT2D eigenvalue weighted by atomic mass is 9.80. The first kappa shape index (κ1) is 19.0. The van der Waals surface area contributed by atoms with Crippen molar-refractivity contribution in [3.63, 3.8) is 0 Å². The minimum Gasteiger partial charge on any atom is -0.493 e. The molecule has 0 amide bonds. The predicted octanol–water partition coefficient (Wildman–Crippen LogP) is 5.05. The Morgan fingerprint density at radius 3 is 2.68 bits per heavy atom. The second-order valence-electron chi connectivity index (χ2n) is 7.03. The van der Waals surface area contributed by atoms with Crippen LogP contribution in [0, 0.1) is 11.7 Å². The third kappa shape index (κ3) is 4.21. The van der Waals surface area contributed by atoms with Crippen LogP contribution >= 0.6 is 11.6 Å².